The Hall–Kier alpha value is -1.84. The van der Waals surface area contributed by atoms with Gasteiger partial charge in [0.05, 0.1) is 0 Å². The van der Waals surface area contributed by atoms with Crippen LogP contribution in [0.1, 0.15) is 45.7 Å². The maximum absolute atomic E-state index is 12.4. The van der Waals surface area contributed by atoms with Gasteiger partial charge in [0.15, 0.2) is 0 Å². The van der Waals surface area contributed by atoms with Crippen LogP contribution in [0.15, 0.2) is 30.3 Å². The molecule has 2 rings (SSSR count). The largest absolute Gasteiger partial charge is 0.440 e. The van der Waals surface area contributed by atoms with Crippen LogP contribution in [0.2, 0.25) is 0 Å². The van der Waals surface area contributed by atoms with Gasteiger partial charge in [0.2, 0.25) is 5.91 Å². The number of ether oxygens (including phenoxy) is 1. The molecular weight excluding hydrogens is 254 g/mol. The summed E-state index contributed by atoms with van der Waals surface area (Å²) in [5.74, 6) is 0.0277. The molecule has 0 aromatic heterocycles. The summed E-state index contributed by atoms with van der Waals surface area (Å²) in [6.45, 7) is 7.60. The normalized spacial score (nSPS) is 21.1. The number of cyclic esters (lactones) is 1. The van der Waals surface area contributed by atoms with Gasteiger partial charge in [0, 0.05) is 6.42 Å². The predicted octanol–water partition coefficient (Wildman–Crippen LogP) is 3.53. The van der Waals surface area contributed by atoms with E-state index in [0.717, 1.165) is 5.56 Å². The molecule has 0 saturated carbocycles. The first-order valence-corrected chi connectivity index (χ1v) is 6.93. The summed E-state index contributed by atoms with van der Waals surface area (Å²) in [6.07, 6.45) is -0.205. The lowest BCUT2D eigenvalue weighted by atomic mass is 9.91. The molecule has 1 heterocycles. The summed E-state index contributed by atoms with van der Waals surface area (Å²) in [5.41, 5.74) is 0.200. The summed E-state index contributed by atoms with van der Waals surface area (Å²) < 4.78 is 5.40. The number of hydrogen-bond acceptors (Lipinski definition) is 3. The molecule has 1 aliphatic heterocycles. The number of carbonyl (C=O) groups excluding carboxylic acids is 2. The van der Waals surface area contributed by atoms with Crippen molar-refractivity contribution in [3.63, 3.8) is 0 Å². The molecule has 2 amide bonds. The first kappa shape index (κ1) is 14.6. The van der Waals surface area contributed by atoms with E-state index in [4.69, 9.17) is 4.74 Å². The third kappa shape index (κ3) is 2.69. The summed E-state index contributed by atoms with van der Waals surface area (Å²) >= 11 is 0. The van der Waals surface area contributed by atoms with Crippen molar-refractivity contribution in [2.75, 3.05) is 0 Å². The second kappa shape index (κ2) is 5.27. The van der Waals surface area contributed by atoms with Gasteiger partial charge in [-0.05, 0) is 25.3 Å². The minimum Gasteiger partial charge on any atom is -0.440 e. The minimum atomic E-state index is -0.717. The quantitative estimate of drug-likeness (QED) is 0.847. The van der Waals surface area contributed by atoms with Crippen LogP contribution in [0.4, 0.5) is 4.79 Å². The highest BCUT2D eigenvalue weighted by Crippen LogP contribution is 2.41. The Labute approximate surface area is 119 Å². The maximum Gasteiger partial charge on any atom is 0.417 e. The van der Waals surface area contributed by atoms with Crippen LogP contribution in [0, 0.1) is 5.92 Å². The van der Waals surface area contributed by atoms with Crippen molar-refractivity contribution in [1.29, 1.82) is 0 Å². The van der Waals surface area contributed by atoms with E-state index in [1.165, 1.54) is 4.90 Å². The van der Waals surface area contributed by atoms with E-state index in [0.29, 0.717) is 6.42 Å². The van der Waals surface area contributed by atoms with Crippen molar-refractivity contribution in [1.82, 2.24) is 4.90 Å². The lowest BCUT2D eigenvalue weighted by Gasteiger charge is -2.28. The van der Waals surface area contributed by atoms with Crippen LogP contribution in [0.5, 0.6) is 0 Å². The van der Waals surface area contributed by atoms with Crippen molar-refractivity contribution in [2.24, 2.45) is 5.92 Å². The molecule has 1 atom stereocenters. The van der Waals surface area contributed by atoms with Gasteiger partial charge >= 0.3 is 6.09 Å². The molecule has 1 saturated heterocycles. The lowest BCUT2D eigenvalue weighted by molar-refractivity contribution is -0.130. The first-order valence-electron chi connectivity index (χ1n) is 6.93. The van der Waals surface area contributed by atoms with Gasteiger partial charge in [0.1, 0.15) is 11.6 Å². The molecule has 4 nitrogen and oxygen atoms in total. The van der Waals surface area contributed by atoms with Gasteiger partial charge in [-0.3, -0.25) is 4.79 Å². The van der Waals surface area contributed by atoms with Crippen LogP contribution < -0.4 is 0 Å². The summed E-state index contributed by atoms with van der Waals surface area (Å²) in [5, 5.41) is 0. The van der Waals surface area contributed by atoms with E-state index in [2.05, 4.69) is 0 Å². The van der Waals surface area contributed by atoms with Crippen LogP contribution in [-0.2, 0) is 9.53 Å². The average molecular weight is 275 g/mol. The van der Waals surface area contributed by atoms with Crippen LogP contribution in [0.25, 0.3) is 0 Å². The van der Waals surface area contributed by atoms with E-state index < -0.39 is 11.7 Å². The van der Waals surface area contributed by atoms with E-state index in [1.54, 1.807) is 0 Å². The number of nitrogens with zero attached hydrogens (tertiary/aromatic N) is 1. The molecular formula is C16H21NO3. The fourth-order valence-electron chi connectivity index (χ4n) is 2.63. The van der Waals surface area contributed by atoms with Gasteiger partial charge in [-0.15, -0.1) is 0 Å². The van der Waals surface area contributed by atoms with E-state index >= 15 is 0 Å². The highest BCUT2D eigenvalue weighted by Gasteiger charge is 2.51. The monoisotopic (exact) mass is 275 g/mol. The molecule has 1 aromatic carbocycles. The third-order valence-corrected chi connectivity index (χ3v) is 3.43. The van der Waals surface area contributed by atoms with Crippen molar-refractivity contribution in [3.05, 3.63) is 35.9 Å². The predicted molar refractivity (Wildman–Crippen MR) is 76.0 cm³/mol. The molecule has 0 aliphatic carbocycles. The van der Waals surface area contributed by atoms with E-state index in [-0.39, 0.29) is 17.9 Å². The Bertz CT molecular complexity index is 508. The zero-order valence-electron chi connectivity index (χ0n) is 12.4. The molecule has 0 unspecified atom stereocenters. The number of rotatable bonds is 3. The van der Waals surface area contributed by atoms with Gasteiger partial charge in [0.25, 0.3) is 0 Å². The van der Waals surface area contributed by atoms with Gasteiger partial charge in [-0.1, -0.05) is 44.2 Å². The molecule has 20 heavy (non-hydrogen) atoms. The number of carbonyl (C=O) groups is 2. The number of imide groups is 1. The first-order chi connectivity index (χ1) is 9.33. The Kier molecular flexibility index (Phi) is 3.84. The number of hydrogen-bond donors (Lipinski definition) is 0. The SMILES string of the molecule is CC(C)CC(=O)N1C(=O)OC(C)(C)[C@H]1c1ccccc1. The molecule has 1 aliphatic rings. The van der Waals surface area contributed by atoms with Gasteiger partial charge in [-0.25, -0.2) is 9.69 Å². The van der Waals surface area contributed by atoms with Crippen LogP contribution >= 0.6 is 0 Å². The summed E-state index contributed by atoms with van der Waals surface area (Å²) in [4.78, 5) is 25.7. The Morgan fingerprint density at radius 2 is 1.90 bits per heavy atom. The maximum atomic E-state index is 12.4. The molecule has 1 aromatic rings. The van der Waals surface area contributed by atoms with Crippen molar-refractivity contribution in [2.45, 2.75) is 45.8 Å². The molecule has 0 N–H and O–H groups in total. The van der Waals surface area contributed by atoms with Gasteiger partial charge in [-0.2, -0.15) is 0 Å². The Morgan fingerprint density at radius 3 is 2.45 bits per heavy atom. The topological polar surface area (TPSA) is 46.6 Å². The zero-order valence-corrected chi connectivity index (χ0v) is 12.4. The fourth-order valence-corrected chi connectivity index (χ4v) is 2.63. The number of amides is 2. The lowest BCUT2D eigenvalue weighted by Crippen LogP contribution is -2.38. The Morgan fingerprint density at radius 1 is 1.30 bits per heavy atom. The summed E-state index contributed by atoms with van der Waals surface area (Å²) in [6, 6.07) is 9.18. The van der Waals surface area contributed by atoms with E-state index in [9.17, 15) is 9.59 Å². The zero-order chi connectivity index (χ0) is 14.9. The van der Waals surface area contributed by atoms with Crippen LogP contribution in [-0.4, -0.2) is 22.5 Å². The van der Waals surface area contributed by atoms with Crippen molar-refractivity contribution >= 4 is 12.0 Å². The highest BCUT2D eigenvalue weighted by atomic mass is 16.6. The second-order valence-electron chi connectivity index (χ2n) is 6.15. The second-order valence-corrected chi connectivity index (χ2v) is 6.15. The Balaban J connectivity index is 2.38. The smallest absolute Gasteiger partial charge is 0.417 e. The molecule has 0 bridgehead atoms. The van der Waals surface area contributed by atoms with E-state index in [1.807, 2.05) is 58.0 Å². The van der Waals surface area contributed by atoms with Crippen molar-refractivity contribution in [3.8, 4) is 0 Å². The number of benzene rings is 1. The third-order valence-electron chi connectivity index (χ3n) is 3.43. The highest BCUT2D eigenvalue weighted by molar-refractivity contribution is 5.94. The molecule has 0 radical (unpaired) electrons. The standard InChI is InChI=1S/C16H21NO3/c1-11(2)10-13(18)17-14(12-8-6-5-7-9-12)16(3,4)20-15(17)19/h5-9,11,14H,10H2,1-4H3/t14-/m1/s1. The molecule has 0 spiro atoms. The fraction of sp³-hybridized carbons (Fsp3) is 0.500. The van der Waals surface area contributed by atoms with Crippen LogP contribution in [0.3, 0.4) is 0 Å². The molecule has 1 fully saturated rings. The van der Waals surface area contributed by atoms with Gasteiger partial charge < -0.3 is 4.74 Å². The van der Waals surface area contributed by atoms with Crippen molar-refractivity contribution < 1.29 is 14.3 Å². The summed E-state index contributed by atoms with van der Waals surface area (Å²) in [7, 11) is 0. The molecule has 4 heteroatoms. The minimum absolute atomic E-state index is 0.176. The molecule has 108 valence electrons. The average Bonchev–Trinajstić information content (AvgIpc) is 2.58.